The molecule has 1 saturated carbocycles. The van der Waals surface area contributed by atoms with Crippen LogP contribution in [0.1, 0.15) is 37.0 Å². The first-order valence-electron chi connectivity index (χ1n) is 8.82. The predicted octanol–water partition coefficient (Wildman–Crippen LogP) is 3.33. The van der Waals surface area contributed by atoms with Gasteiger partial charge >= 0.3 is 5.97 Å². The van der Waals surface area contributed by atoms with Crippen molar-refractivity contribution in [2.45, 2.75) is 44.9 Å². The molecule has 0 saturated heterocycles. The van der Waals surface area contributed by atoms with Gasteiger partial charge in [-0.3, -0.25) is 4.79 Å². The first kappa shape index (κ1) is 18.0. The molecule has 0 unspecified atom stereocenters. The van der Waals surface area contributed by atoms with E-state index in [4.69, 9.17) is 9.47 Å². The molecule has 0 aromatic heterocycles. The lowest BCUT2D eigenvalue weighted by Gasteiger charge is -2.21. The second kappa shape index (κ2) is 8.04. The maximum Gasteiger partial charge on any atom is 0.348 e. The van der Waals surface area contributed by atoms with Gasteiger partial charge in [0.15, 0.2) is 6.10 Å². The van der Waals surface area contributed by atoms with E-state index < -0.39 is 18.2 Å². The zero-order chi connectivity index (χ0) is 18.5. The number of hydrogen-bond donors (Lipinski definition) is 1. The van der Waals surface area contributed by atoms with E-state index in [-0.39, 0.29) is 11.9 Å². The van der Waals surface area contributed by atoms with Crippen molar-refractivity contribution < 1.29 is 19.1 Å². The van der Waals surface area contributed by atoms with Gasteiger partial charge in [-0.1, -0.05) is 48.0 Å². The van der Waals surface area contributed by atoms with Gasteiger partial charge in [-0.25, -0.2) is 4.79 Å². The van der Waals surface area contributed by atoms with Gasteiger partial charge in [0.1, 0.15) is 5.75 Å². The van der Waals surface area contributed by atoms with Crippen LogP contribution in [0.4, 0.5) is 0 Å². The van der Waals surface area contributed by atoms with Crippen LogP contribution in [0, 0.1) is 6.92 Å². The molecule has 1 aliphatic rings. The van der Waals surface area contributed by atoms with Crippen LogP contribution in [0.25, 0.3) is 0 Å². The lowest BCUT2D eigenvalue weighted by molar-refractivity contribution is -0.162. The molecule has 2 aromatic rings. The fourth-order valence-electron chi connectivity index (χ4n) is 2.49. The molecule has 136 valence electrons. The highest BCUT2D eigenvalue weighted by molar-refractivity contribution is 5.86. The van der Waals surface area contributed by atoms with Crippen LogP contribution < -0.4 is 10.1 Å². The molecule has 0 radical (unpaired) electrons. The minimum atomic E-state index is -0.978. The molecule has 2 aromatic carbocycles. The van der Waals surface area contributed by atoms with Crippen molar-refractivity contribution in [2.24, 2.45) is 0 Å². The molecule has 1 N–H and O–H groups in total. The highest BCUT2D eigenvalue weighted by Crippen LogP contribution is 2.24. The van der Waals surface area contributed by atoms with E-state index in [0.29, 0.717) is 11.3 Å². The molecule has 3 rings (SSSR count). The molecular weight excluding hydrogens is 330 g/mol. The van der Waals surface area contributed by atoms with E-state index in [1.165, 1.54) is 0 Å². The number of nitrogens with one attached hydrogen (secondary N) is 1. The average molecular weight is 353 g/mol. The summed E-state index contributed by atoms with van der Waals surface area (Å²) in [7, 11) is 0. The second-order valence-electron chi connectivity index (χ2n) is 6.58. The van der Waals surface area contributed by atoms with Gasteiger partial charge in [0.25, 0.3) is 5.91 Å². The molecular formula is C21H23NO4. The molecule has 0 bridgehead atoms. The van der Waals surface area contributed by atoms with Gasteiger partial charge in [-0.05, 0) is 38.8 Å². The van der Waals surface area contributed by atoms with Gasteiger partial charge in [0.05, 0.1) is 0 Å². The maximum atomic E-state index is 12.5. The van der Waals surface area contributed by atoms with E-state index >= 15 is 0 Å². The quantitative estimate of drug-likeness (QED) is 0.776. The lowest BCUT2D eigenvalue weighted by atomic mass is 10.1. The number of benzene rings is 2. The van der Waals surface area contributed by atoms with Gasteiger partial charge in [0.2, 0.25) is 6.10 Å². The Balaban J connectivity index is 1.67. The van der Waals surface area contributed by atoms with Gasteiger partial charge in [0, 0.05) is 11.6 Å². The topological polar surface area (TPSA) is 64.6 Å². The summed E-state index contributed by atoms with van der Waals surface area (Å²) in [5.41, 5.74) is 1.75. The van der Waals surface area contributed by atoms with Crippen LogP contribution in [-0.2, 0) is 14.3 Å². The summed E-state index contributed by atoms with van der Waals surface area (Å²) in [4.78, 5) is 25.0. The number of ether oxygens (including phenoxy) is 2. The van der Waals surface area contributed by atoms with Crippen LogP contribution in [0.3, 0.4) is 0 Å². The molecule has 0 heterocycles. The summed E-state index contributed by atoms with van der Waals surface area (Å²) in [6.07, 6.45) is 0.133. The molecule has 1 fully saturated rings. The second-order valence-corrected chi connectivity index (χ2v) is 6.58. The average Bonchev–Trinajstić information content (AvgIpc) is 3.46. The number of aryl methyl sites for hydroxylation is 1. The van der Waals surface area contributed by atoms with Gasteiger partial charge in [-0.2, -0.15) is 0 Å². The number of rotatable bonds is 7. The first-order valence-corrected chi connectivity index (χ1v) is 8.82. The fraction of sp³-hybridized carbons (Fsp3) is 0.333. The minimum absolute atomic E-state index is 0.189. The third-order valence-corrected chi connectivity index (χ3v) is 4.16. The van der Waals surface area contributed by atoms with Crippen LogP contribution in [-0.4, -0.2) is 24.0 Å². The Hall–Kier alpha value is -2.82. The Morgan fingerprint density at radius 3 is 2.31 bits per heavy atom. The Kier molecular flexibility index (Phi) is 5.56. The van der Waals surface area contributed by atoms with E-state index in [9.17, 15) is 9.59 Å². The molecule has 1 aliphatic carbocycles. The summed E-state index contributed by atoms with van der Waals surface area (Å²) in [6.45, 7) is 3.59. The third-order valence-electron chi connectivity index (χ3n) is 4.16. The molecule has 1 amide bonds. The number of hydrogen-bond acceptors (Lipinski definition) is 4. The lowest BCUT2D eigenvalue weighted by Crippen LogP contribution is -2.36. The van der Waals surface area contributed by atoms with Crippen LogP contribution >= 0.6 is 0 Å². The smallest absolute Gasteiger partial charge is 0.348 e. The van der Waals surface area contributed by atoms with Crippen molar-refractivity contribution in [3.63, 3.8) is 0 Å². The van der Waals surface area contributed by atoms with E-state index in [0.717, 1.165) is 18.4 Å². The van der Waals surface area contributed by atoms with Crippen LogP contribution in [0.5, 0.6) is 5.75 Å². The predicted molar refractivity (Wildman–Crippen MR) is 97.7 cm³/mol. The van der Waals surface area contributed by atoms with Crippen molar-refractivity contribution in [2.75, 3.05) is 0 Å². The summed E-state index contributed by atoms with van der Waals surface area (Å²) in [5.74, 6) is -0.293. The SMILES string of the molecule is Cc1ccc(O[C@H](C)C(=O)O[C@@H](C(=O)NC2CC2)c2ccccc2)cc1. The van der Waals surface area contributed by atoms with Gasteiger partial charge in [-0.15, -0.1) is 0 Å². The number of carbonyl (C=O) groups is 2. The highest BCUT2D eigenvalue weighted by Gasteiger charge is 2.32. The monoisotopic (exact) mass is 353 g/mol. The first-order chi connectivity index (χ1) is 12.5. The van der Waals surface area contributed by atoms with E-state index in [1.807, 2.05) is 37.3 Å². The molecule has 2 atom stereocenters. The molecule has 26 heavy (non-hydrogen) atoms. The molecule has 5 heteroatoms. The Morgan fingerprint density at radius 2 is 1.69 bits per heavy atom. The van der Waals surface area contributed by atoms with E-state index in [2.05, 4.69) is 5.32 Å². The van der Waals surface area contributed by atoms with Crippen molar-refractivity contribution in [3.05, 3.63) is 65.7 Å². The van der Waals surface area contributed by atoms with Crippen molar-refractivity contribution >= 4 is 11.9 Å². The molecule has 0 aliphatic heterocycles. The number of amides is 1. The van der Waals surface area contributed by atoms with Crippen LogP contribution in [0.2, 0.25) is 0 Å². The van der Waals surface area contributed by atoms with Crippen molar-refractivity contribution in [1.29, 1.82) is 0 Å². The highest BCUT2D eigenvalue weighted by atomic mass is 16.6. The Morgan fingerprint density at radius 1 is 1.04 bits per heavy atom. The van der Waals surface area contributed by atoms with Crippen molar-refractivity contribution in [1.82, 2.24) is 5.32 Å². The van der Waals surface area contributed by atoms with Gasteiger partial charge < -0.3 is 14.8 Å². The molecule has 5 nitrogen and oxygen atoms in total. The largest absolute Gasteiger partial charge is 0.479 e. The standard InChI is InChI=1S/C21H23NO4/c1-14-8-12-18(13-9-14)25-15(2)21(24)26-19(16-6-4-3-5-7-16)20(23)22-17-10-11-17/h3-9,12-13,15,17,19H,10-11H2,1-2H3,(H,22,23)/t15-,19-/m1/s1. The summed E-state index contributed by atoms with van der Waals surface area (Å²) in [6, 6.07) is 16.6. The maximum absolute atomic E-state index is 12.5. The van der Waals surface area contributed by atoms with Crippen LogP contribution in [0.15, 0.2) is 54.6 Å². The summed E-state index contributed by atoms with van der Waals surface area (Å²) < 4.78 is 11.1. The number of esters is 1. The third kappa shape index (κ3) is 4.85. The van der Waals surface area contributed by atoms with E-state index in [1.54, 1.807) is 31.2 Å². The Bertz CT molecular complexity index is 753. The molecule has 0 spiro atoms. The number of carbonyl (C=O) groups excluding carboxylic acids is 2. The zero-order valence-electron chi connectivity index (χ0n) is 15.0. The minimum Gasteiger partial charge on any atom is -0.479 e. The zero-order valence-corrected chi connectivity index (χ0v) is 15.0. The summed E-state index contributed by atoms with van der Waals surface area (Å²) in [5, 5.41) is 2.90. The van der Waals surface area contributed by atoms with Crippen molar-refractivity contribution in [3.8, 4) is 5.75 Å². The summed E-state index contributed by atoms with van der Waals surface area (Å²) >= 11 is 0. The fourth-order valence-corrected chi connectivity index (χ4v) is 2.49. The Labute approximate surface area is 153 Å². The normalized spacial score (nSPS) is 15.6.